The maximum absolute atomic E-state index is 12.5. The minimum Gasteiger partial charge on any atom is -0.392 e. The second kappa shape index (κ2) is 4.48. The lowest BCUT2D eigenvalue weighted by Crippen LogP contribution is -2.58. The molecule has 0 saturated heterocycles. The maximum atomic E-state index is 12.5. The Balaban J connectivity index is 2.05. The predicted molar refractivity (Wildman–Crippen MR) is 77.2 cm³/mol. The average Bonchev–Trinajstić information content (AvgIpc) is 2.52. The van der Waals surface area contributed by atoms with Crippen LogP contribution in [0.2, 0.25) is 0 Å². The molecule has 2 saturated carbocycles. The molecular formula is C14H24N2OS. The van der Waals surface area contributed by atoms with Crippen LogP contribution in [-0.4, -0.2) is 16.9 Å². The van der Waals surface area contributed by atoms with Gasteiger partial charge >= 0.3 is 0 Å². The summed E-state index contributed by atoms with van der Waals surface area (Å²) in [6.07, 6.45) is 5.05. The predicted octanol–water partition coefficient (Wildman–Crippen LogP) is 2.38. The summed E-state index contributed by atoms with van der Waals surface area (Å²) in [5.41, 5.74) is 5.44. The fourth-order valence-electron chi connectivity index (χ4n) is 3.52. The van der Waals surface area contributed by atoms with Crippen molar-refractivity contribution in [3.63, 3.8) is 0 Å². The van der Waals surface area contributed by atoms with E-state index in [9.17, 15) is 4.79 Å². The van der Waals surface area contributed by atoms with Gasteiger partial charge in [0, 0.05) is 6.04 Å². The van der Waals surface area contributed by atoms with Crippen molar-refractivity contribution < 1.29 is 4.79 Å². The molecule has 1 amide bonds. The van der Waals surface area contributed by atoms with Gasteiger partial charge < -0.3 is 11.1 Å². The molecule has 2 fully saturated rings. The third-order valence-corrected chi connectivity index (χ3v) is 5.25. The molecule has 3 N–H and O–H groups in total. The lowest BCUT2D eigenvalue weighted by molar-refractivity contribution is -0.134. The van der Waals surface area contributed by atoms with E-state index in [-0.39, 0.29) is 17.4 Å². The first-order valence-corrected chi connectivity index (χ1v) is 7.30. The fraction of sp³-hybridized carbons (Fsp3) is 0.857. The van der Waals surface area contributed by atoms with Gasteiger partial charge in [-0.05, 0) is 37.0 Å². The van der Waals surface area contributed by atoms with Gasteiger partial charge in [0.25, 0.3) is 0 Å². The number of amides is 1. The summed E-state index contributed by atoms with van der Waals surface area (Å²) in [7, 11) is 0. The van der Waals surface area contributed by atoms with Crippen molar-refractivity contribution in [2.75, 3.05) is 0 Å². The third kappa shape index (κ3) is 2.15. The van der Waals surface area contributed by atoms with Crippen molar-refractivity contribution >= 4 is 23.1 Å². The normalized spacial score (nSPS) is 37.9. The largest absolute Gasteiger partial charge is 0.392 e. The monoisotopic (exact) mass is 268 g/mol. The first-order valence-electron chi connectivity index (χ1n) is 6.89. The Bertz CT molecular complexity index is 372. The van der Waals surface area contributed by atoms with Crippen LogP contribution in [0.5, 0.6) is 0 Å². The second-order valence-corrected chi connectivity index (χ2v) is 7.31. The number of nitrogens with one attached hydrogen (secondary N) is 1. The van der Waals surface area contributed by atoms with E-state index in [1.807, 2.05) is 0 Å². The first kappa shape index (κ1) is 13.8. The molecule has 0 radical (unpaired) electrons. The number of hydrogen-bond acceptors (Lipinski definition) is 2. The molecule has 0 bridgehead atoms. The number of thiocarbonyl (C=S) groups is 1. The fourth-order valence-corrected chi connectivity index (χ4v) is 3.78. The molecule has 0 aromatic rings. The highest BCUT2D eigenvalue weighted by molar-refractivity contribution is 7.80. The molecule has 0 spiro atoms. The van der Waals surface area contributed by atoms with Crippen molar-refractivity contribution in [3.8, 4) is 0 Å². The molecule has 1 atom stereocenters. The average molecular weight is 268 g/mol. The summed E-state index contributed by atoms with van der Waals surface area (Å²) >= 11 is 5.13. The molecule has 0 aliphatic heterocycles. The molecule has 4 heteroatoms. The minimum atomic E-state index is -0.562. The molecule has 2 rings (SSSR count). The van der Waals surface area contributed by atoms with Crippen LogP contribution in [0.25, 0.3) is 0 Å². The quantitative estimate of drug-likeness (QED) is 0.773. The van der Waals surface area contributed by atoms with Crippen LogP contribution >= 0.6 is 12.2 Å². The van der Waals surface area contributed by atoms with E-state index in [4.69, 9.17) is 18.0 Å². The van der Waals surface area contributed by atoms with Gasteiger partial charge in [-0.3, -0.25) is 4.79 Å². The van der Waals surface area contributed by atoms with Gasteiger partial charge in [0.15, 0.2) is 0 Å². The SMILES string of the molecule is CC1CC(C(=O)NC2CCCC2(C)C)(C(N)=S)C1. The zero-order chi connectivity index (χ0) is 13.6. The number of nitrogens with two attached hydrogens (primary N) is 1. The van der Waals surface area contributed by atoms with Crippen molar-refractivity contribution in [1.82, 2.24) is 5.32 Å². The molecule has 2 aliphatic rings. The summed E-state index contributed by atoms with van der Waals surface area (Å²) in [5, 5.41) is 3.21. The molecule has 0 aromatic carbocycles. The number of hydrogen-bond donors (Lipinski definition) is 2. The molecule has 2 aliphatic carbocycles. The zero-order valence-electron chi connectivity index (χ0n) is 11.6. The molecular weight excluding hydrogens is 244 g/mol. The van der Waals surface area contributed by atoms with E-state index >= 15 is 0 Å². The van der Waals surface area contributed by atoms with Crippen molar-refractivity contribution in [1.29, 1.82) is 0 Å². The van der Waals surface area contributed by atoms with E-state index in [2.05, 4.69) is 26.1 Å². The second-order valence-electron chi connectivity index (χ2n) is 6.87. The molecule has 102 valence electrons. The Labute approximate surface area is 115 Å². The van der Waals surface area contributed by atoms with Gasteiger partial charge in [-0.1, -0.05) is 39.4 Å². The van der Waals surface area contributed by atoms with Crippen LogP contribution in [0.3, 0.4) is 0 Å². The Hall–Kier alpha value is -0.640. The third-order valence-electron chi connectivity index (χ3n) is 4.86. The van der Waals surface area contributed by atoms with Crippen molar-refractivity contribution in [2.45, 2.75) is 58.9 Å². The number of carbonyl (C=O) groups is 1. The topological polar surface area (TPSA) is 55.1 Å². The van der Waals surface area contributed by atoms with Crippen molar-refractivity contribution in [2.24, 2.45) is 22.5 Å². The van der Waals surface area contributed by atoms with Crippen LogP contribution in [0.15, 0.2) is 0 Å². The van der Waals surface area contributed by atoms with E-state index in [0.717, 1.165) is 19.3 Å². The smallest absolute Gasteiger partial charge is 0.233 e. The number of rotatable bonds is 3. The highest BCUT2D eigenvalue weighted by atomic mass is 32.1. The van der Waals surface area contributed by atoms with Gasteiger partial charge in [0.05, 0.1) is 10.4 Å². The Morgan fingerprint density at radius 3 is 2.39 bits per heavy atom. The van der Waals surface area contributed by atoms with Crippen LogP contribution in [0.1, 0.15) is 52.9 Å². The van der Waals surface area contributed by atoms with Crippen molar-refractivity contribution in [3.05, 3.63) is 0 Å². The highest BCUT2D eigenvalue weighted by Crippen LogP contribution is 2.47. The standard InChI is InChI=1S/C14H24N2OS/c1-9-7-14(8-9,11(15)18)12(17)16-10-5-4-6-13(10,2)3/h9-10H,4-8H2,1-3H3,(H2,15,18)(H,16,17). The van der Waals surface area contributed by atoms with E-state index < -0.39 is 5.41 Å². The number of carbonyl (C=O) groups excluding carboxylic acids is 1. The van der Waals surface area contributed by atoms with E-state index in [1.54, 1.807) is 0 Å². The summed E-state index contributed by atoms with van der Waals surface area (Å²) in [5.74, 6) is 0.613. The molecule has 0 heterocycles. The van der Waals surface area contributed by atoms with Crippen LogP contribution in [-0.2, 0) is 4.79 Å². The van der Waals surface area contributed by atoms with Crippen LogP contribution in [0, 0.1) is 16.7 Å². The molecule has 1 unspecified atom stereocenters. The maximum Gasteiger partial charge on any atom is 0.233 e. The van der Waals surface area contributed by atoms with Crippen LogP contribution in [0.4, 0.5) is 0 Å². The Morgan fingerprint density at radius 2 is 2.00 bits per heavy atom. The lowest BCUT2D eigenvalue weighted by Gasteiger charge is -2.45. The summed E-state index contributed by atoms with van der Waals surface area (Å²) in [6, 6.07) is 0.270. The summed E-state index contributed by atoms with van der Waals surface area (Å²) < 4.78 is 0. The molecule has 3 nitrogen and oxygen atoms in total. The van der Waals surface area contributed by atoms with Crippen LogP contribution < -0.4 is 11.1 Å². The van der Waals surface area contributed by atoms with Gasteiger partial charge in [-0.15, -0.1) is 0 Å². The molecule has 0 aromatic heterocycles. The zero-order valence-corrected chi connectivity index (χ0v) is 12.4. The van der Waals surface area contributed by atoms with Gasteiger partial charge in [-0.2, -0.15) is 0 Å². The summed E-state index contributed by atoms with van der Waals surface area (Å²) in [4.78, 5) is 12.9. The summed E-state index contributed by atoms with van der Waals surface area (Å²) in [6.45, 7) is 6.59. The van der Waals surface area contributed by atoms with E-state index in [0.29, 0.717) is 10.9 Å². The molecule has 18 heavy (non-hydrogen) atoms. The first-order chi connectivity index (χ1) is 8.28. The minimum absolute atomic E-state index is 0.0630. The van der Waals surface area contributed by atoms with Gasteiger partial charge in [0.2, 0.25) is 5.91 Å². The van der Waals surface area contributed by atoms with Gasteiger partial charge in [-0.25, -0.2) is 0 Å². The van der Waals surface area contributed by atoms with E-state index in [1.165, 1.54) is 12.8 Å². The van der Waals surface area contributed by atoms with Gasteiger partial charge in [0.1, 0.15) is 0 Å². The Kier molecular flexibility index (Phi) is 3.43. The lowest BCUT2D eigenvalue weighted by atomic mass is 9.61. The highest BCUT2D eigenvalue weighted by Gasteiger charge is 2.52. The Morgan fingerprint density at radius 1 is 1.39 bits per heavy atom.